The third-order valence-corrected chi connectivity index (χ3v) is 4.06. The second kappa shape index (κ2) is 5.28. The molecule has 16 heavy (non-hydrogen) atoms. The Morgan fingerprint density at radius 1 is 1.44 bits per heavy atom. The van der Waals surface area contributed by atoms with Crippen LogP contribution in [0.25, 0.3) is 0 Å². The molecule has 0 saturated heterocycles. The van der Waals surface area contributed by atoms with Crippen molar-refractivity contribution in [3.8, 4) is 0 Å². The van der Waals surface area contributed by atoms with Crippen molar-refractivity contribution in [1.82, 2.24) is 5.32 Å². The Bertz CT molecular complexity index is 367. The molecule has 0 aromatic heterocycles. The molecule has 1 fully saturated rings. The number of halogens is 2. The summed E-state index contributed by atoms with van der Waals surface area (Å²) in [6.45, 7) is 3.05. The van der Waals surface area contributed by atoms with E-state index in [-0.39, 0.29) is 5.82 Å². The second-order valence-electron chi connectivity index (χ2n) is 4.64. The monoisotopic (exact) mass is 285 g/mol. The molecule has 2 rings (SSSR count). The minimum atomic E-state index is -0.182. The van der Waals surface area contributed by atoms with Crippen molar-refractivity contribution < 1.29 is 4.39 Å². The lowest BCUT2D eigenvalue weighted by atomic mass is 10.1. The number of benzene rings is 1. The minimum Gasteiger partial charge on any atom is -0.310 e. The van der Waals surface area contributed by atoms with Gasteiger partial charge in [0.1, 0.15) is 5.82 Å². The van der Waals surface area contributed by atoms with Crippen LogP contribution in [0.5, 0.6) is 0 Å². The van der Waals surface area contributed by atoms with Gasteiger partial charge in [-0.05, 0) is 52.4 Å². The van der Waals surface area contributed by atoms with Gasteiger partial charge in [-0.1, -0.05) is 19.4 Å². The van der Waals surface area contributed by atoms with E-state index in [4.69, 9.17) is 0 Å². The first-order valence-electron chi connectivity index (χ1n) is 5.84. The van der Waals surface area contributed by atoms with Crippen molar-refractivity contribution in [3.63, 3.8) is 0 Å². The van der Waals surface area contributed by atoms with Gasteiger partial charge in [-0.25, -0.2) is 4.39 Å². The molecule has 1 aliphatic carbocycles. The smallest absolute Gasteiger partial charge is 0.137 e. The molecule has 88 valence electrons. The molecule has 0 amide bonds. The summed E-state index contributed by atoms with van der Waals surface area (Å²) in [6, 6.07) is 5.92. The van der Waals surface area contributed by atoms with E-state index in [1.165, 1.54) is 19.3 Å². The lowest BCUT2D eigenvalue weighted by Crippen LogP contribution is -2.30. The fourth-order valence-corrected chi connectivity index (χ4v) is 2.59. The SMILES string of the molecule is CC1CCCC1NCc1ccc(Br)c(F)c1. The van der Waals surface area contributed by atoms with E-state index < -0.39 is 0 Å². The van der Waals surface area contributed by atoms with Crippen molar-refractivity contribution in [2.24, 2.45) is 5.92 Å². The van der Waals surface area contributed by atoms with E-state index in [1.807, 2.05) is 6.07 Å². The van der Waals surface area contributed by atoms with Crippen LogP contribution >= 0.6 is 15.9 Å². The van der Waals surface area contributed by atoms with Gasteiger partial charge in [-0.2, -0.15) is 0 Å². The summed E-state index contributed by atoms with van der Waals surface area (Å²) in [5.41, 5.74) is 1.01. The Morgan fingerprint density at radius 2 is 2.25 bits per heavy atom. The molecule has 0 heterocycles. The van der Waals surface area contributed by atoms with E-state index in [0.717, 1.165) is 18.0 Å². The first kappa shape index (κ1) is 12.1. The van der Waals surface area contributed by atoms with Gasteiger partial charge in [-0.3, -0.25) is 0 Å². The van der Waals surface area contributed by atoms with Crippen molar-refractivity contribution in [3.05, 3.63) is 34.1 Å². The molecule has 2 unspecified atom stereocenters. The summed E-state index contributed by atoms with van der Waals surface area (Å²) in [5.74, 6) is 0.569. The third kappa shape index (κ3) is 2.83. The molecule has 0 bridgehead atoms. The molecule has 1 aromatic carbocycles. The van der Waals surface area contributed by atoms with Crippen LogP contribution in [-0.2, 0) is 6.54 Å². The van der Waals surface area contributed by atoms with Gasteiger partial charge in [0.25, 0.3) is 0 Å². The van der Waals surface area contributed by atoms with Crippen LogP contribution < -0.4 is 5.32 Å². The maximum atomic E-state index is 13.3. The lowest BCUT2D eigenvalue weighted by molar-refractivity contribution is 0.425. The van der Waals surface area contributed by atoms with Crippen LogP contribution in [0, 0.1) is 11.7 Å². The van der Waals surface area contributed by atoms with E-state index >= 15 is 0 Å². The average molecular weight is 286 g/mol. The summed E-state index contributed by atoms with van der Waals surface area (Å²) in [6.07, 6.45) is 3.88. The minimum absolute atomic E-state index is 0.182. The molecule has 1 saturated carbocycles. The summed E-state index contributed by atoms with van der Waals surface area (Å²) in [4.78, 5) is 0. The Labute approximate surface area is 105 Å². The van der Waals surface area contributed by atoms with E-state index in [1.54, 1.807) is 12.1 Å². The zero-order valence-electron chi connectivity index (χ0n) is 9.47. The largest absolute Gasteiger partial charge is 0.310 e. The van der Waals surface area contributed by atoms with Crippen molar-refractivity contribution in [1.29, 1.82) is 0 Å². The molecule has 1 aromatic rings. The van der Waals surface area contributed by atoms with Crippen LogP contribution in [0.1, 0.15) is 31.7 Å². The predicted octanol–water partition coefficient (Wildman–Crippen LogP) is 3.87. The molecule has 3 heteroatoms. The Kier molecular flexibility index (Phi) is 3.98. The number of hydrogen-bond donors (Lipinski definition) is 1. The number of rotatable bonds is 3. The fourth-order valence-electron chi connectivity index (χ4n) is 2.35. The summed E-state index contributed by atoms with van der Waals surface area (Å²) < 4.78 is 13.8. The zero-order valence-corrected chi connectivity index (χ0v) is 11.1. The van der Waals surface area contributed by atoms with Crippen LogP contribution in [0.15, 0.2) is 22.7 Å². The van der Waals surface area contributed by atoms with Crippen LogP contribution in [0.3, 0.4) is 0 Å². The first-order chi connectivity index (χ1) is 7.66. The summed E-state index contributed by atoms with van der Waals surface area (Å²) in [5, 5.41) is 3.51. The van der Waals surface area contributed by atoms with Gasteiger partial charge in [0.15, 0.2) is 0 Å². The van der Waals surface area contributed by atoms with Crippen molar-refractivity contribution in [2.75, 3.05) is 0 Å². The maximum absolute atomic E-state index is 13.3. The van der Waals surface area contributed by atoms with Gasteiger partial charge < -0.3 is 5.32 Å². The summed E-state index contributed by atoms with van der Waals surface area (Å²) in [7, 11) is 0. The standard InChI is InChI=1S/C13H17BrFN/c1-9-3-2-4-13(9)16-8-10-5-6-11(14)12(15)7-10/h5-7,9,13,16H,2-4,8H2,1H3. The molecule has 0 radical (unpaired) electrons. The molecule has 1 aliphatic rings. The van der Waals surface area contributed by atoms with E-state index in [2.05, 4.69) is 28.2 Å². The van der Waals surface area contributed by atoms with Crippen LogP contribution in [0.4, 0.5) is 4.39 Å². The van der Waals surface area contributed by atoms with E-state index in [0.29, 0.717) is 10.5 Å². The molecular weight excluding hydrogens is 269 g/mol. The Balaban J connectivity index is 1.91. The normalized spacial score (nSPS) is 24.9. The Morgan fingerprint density at radius 3 is 2.88 bits per heavy atom. The van der Waals surface area contributed by atoms with Gasteiger partial charge in [0.05, 0.1) is 4.47 Å². The molecule has 1 N–H and O–H groups in total. The topological polar surface area (TPSA) is 12.0 Å². The molecule has 1 nitrogen and oxygen atoms in total. The van der Waals surface area contributed by atoms with Gasteiger partial charge in [-0.15, -0.1) is 0 Å². The second-order valence-corrected chi connectivity index (χ2v) is 5.50. The van der Waals surface area contributed by atoms with Gasteiger partial charge in [0, 0.05) is 12.6 Å². The highest BCUT2D eigenvalue weighted by atomic mass is 79.9. The zero-order chi connectivity index (χ0) is 11.5. The molecule has 0 aliphatic heterocycles. The fraction of sp³-hybridized carbons (Fsp3) is 0.538. The van der Waals surface area contributed by atoms with Crippen LogP contribution in [-0.4, -0.2) is 6.04 Å². The third-order valence-electron chi connectivity index (χ3n) is 3.41. The highest BCUT2D eigenvalue weighted by Crippen LogP contribution is 2.25. The Hall–Kier alpha value is -0.410. The molecule has 0 spiro atoms. The van der Waals surface area contributed by atoms with Crippen molar-refractivity contribution in [2.45, 2.75) is 38.8 Å². The van der Waals surface area contributed by atoms with Crippen LogP contribution in [0.2, 0.25) is 0 Å². The maximum Gasteiger partial charge on any atom is 0.137 e. The summed E-state index contributed by atoms with van der Waals surface area (Å²) >= 11 is 3.16. The number of hydrogen-bond acceptors (Lipinski definition) is 1. The van der Waals surface area contributed by atoms with Crippen molar-refractivity contribution >= 4 is 15.9 Å². The highest BCUT2D eigenvalue weighted by molar-refractivity contribution is 9.10. The molecular formula is C13H17BrFN. The molecule has 2 atom stereocenters. The first-order valence-corrected chi connectivity index (χ1v) is 6.63. The van der Waals surface area contributed by atoms with Gasteiger partial charge >= 0.3 is 0 Å². The quantitative estimate of drug-likeness (QED) is 0.889. The lowest BCUT2D eigenvalue weighted by Gasteiger charge is -2.17. The highest BCUT2D eigenvalue weighted by Gasteiger charge is 2.22. The van der Waals surface area contributed by atoms with Gasteiger partial charge in [0.2, 0.25) is 0 Å². The number of nitrogens with one attached hydrogen (secondary N) is 1. The average Bonchev–Trinajstić information content (AvgIpc) is 2.66. The predicted molar refractivity (Wildman–Crippen MR) is 67.7 cm³/mol. The van der Waals surface area contributed by atoms with E-state index in [9.17, 15) is 4.39 Å².